The number of nitrogens with zero attached hydrogens (tertiary/aromatic N) is 2. The zero-order valence-corrected chi connectivity index (χ0v) is 20.4. The first kappa shape index (κ1) is 23.1. The molecular weight excluding hydrogens is 432 g/mol. The fraction of sp³-hybridized carbons (Fsp3) is 0.267. The van der Waals surface area contributed by atoms with Crippen LogP contribution in [0.3, 0.4) is 0 Å². The number of benzene rings is 3. The largest absolute Gasteiger partial charge is 0.350 e. The van der Waals surface area contributed by atoms with E-state index >= 15 is 0 Å². The highest BCUT2D eigenvalue weighted by Crippen LogP contribution is 2.23. The minimum Gasteiger partial charge on any atom is -0.350 e. The van der Waals surface area contributed by atoms with Gasteiger partial charge in [-0.25, -0.2) is 4.98 Å². The third-order valence-electron chi connectivity index (χ3n) is 6.89. The van der Waals surface area contributed by atoms with Crippen molar-refractivity contribution in [3.05, 3.63) is 95.1 Å². The molecule has 0 radical (unpaired) electrons. The molecule has 0 atom stereocenters. The van der Waals surface area contributed by atoms with E-state index in [9.17, 15) is 4.79 Å². The van der Waals surface area contributed by atoms with Crippen LogP contribution in [-0.4, -0.2) is 39.9 Å². The van der Waals surface area contributed by atoms with Gasteiger partial charge < -0.3 is 10.3 Å². The molecule has 3 aromatic carbocycles. The number of imidazole rings is 1. The summed E-state index contributed by atoms with van der Waals surface area (Å²) in [7, 11) is 0. The van der Waals surface area contributed by atoms with Crippen LogP contribution in [0.5, 0.6) is 0 Å². The van der Waals surface area contributed by atoms with Crippen molar-refractivity contribution in [2.24, 2.45) is 0 Å². The van der Waals surface area contributed by atoms with Crippen molar-refractivity contribution in [1.82, 2.24) is 20.2 Å². The summed E-state index contributed by atoms with van der Waals surface area (Å²) < 4.78 is 0. The summed E-state index contributed by atoms with van der Waals surface area (Å²) in [4.78, 5) is 23.1. The first-order valence-corrected chi connectivity index (χ1v) is 12.4. The molecule has 178 valence electrons. The number of piperidine rings is 1. The lowest BCUT2D eigenvalue weighted by Crippen LogP contribution is -2.43. The Balaban J connectivity index is 1.13. The van der Waals surface area contributed by atoms with Gasteiger partial charge in [-0.3, -0.25) is 9.69 Å². The van der Waals surface area contributed by atoms with Gasteiger partial charge in [0, 0.05) is 37.3 Å². The molecule has 1 aliphatic heterocycles. The molecule has 1 aromatic heterocycles. The second kappa shape index (κ2) is 10.3. The molecule has 0 aliphatic carbocycles. The molecule has 0 spiro atoms. The van der Waals surface area contributed by atoms with Crippen LogP contribution >= 0.6 is 0 Å². The molecule has 1 fully saturated rings. The van der Waals surface area contributed by atoms with Crippen molar-refractivity contribution in [3.63, 3.8) is 0 Å². The van der Waals surface area contributed by atoms with E-state index in [-0.39, 0.29) is 11.9 Å². The number of amides is 1. The average Bonchev–Trinajstić information content (AvgIpc) is 3.28. The van der Waals surface area contributed by atoms with Crippen LogP contribution in [0.1, 0.15) is 35.1 Å². The molecule has 1 saturated heterocycles. The second-order valence-electron chi connectivity index (χ2n) is 9.54. The summed E-state index contributed by atoms with van der Waals surface area (Å²) in [5.41, 5.74) is 7.89. The van der Waals surface area contributed by atoms with Gasteiger partial charge in [-0.15, -0.1) is 0 Å². The third-order valence-corrected chi connectivity index (χ3v) is 6.89. The monoisotopic (exact) mass is 464 g/mol. The predicted molar refractivity (Wildman–Crippen MR) is 143 cm³/mol. The van der Waals surface area contributed by atoms with Crippen LogP contribution in [0.2, 0.25) is 0 Å². The number of fused-ring (bicyclic) bond motifs is 1. The number of aryl methyl sites for hydroxylation is 2. The van der Waals surface area contributed by atoms with Crippen LogP contribution in [0, 0.1) is 13.8 Å². The number of hydrogen-bond donors (Lipinski definition) is 2. The Morgan fingerprint density at radius 2 is 1.74 bits per heavy atom. The lowest BCUT2D eigenvalue weighted by molar-refractivity contribution is -0.117. The Kier molecular flexibility index (Phi) is 6.77. The molecule has 5 rings (SSSR count). The average molecular weight is 465 g/mol. The lowest BCUT2D eigenvalue weighted by atomic mass is 10.0. The number of carbonyl (C=O) groups is 1. The second-order valence-corrected chi connectivity index (χ2v) is 9.54. The van der Waals surface area contributed by atoms with Gasteiger partial charge in [0.2, 0.25) is 5.91 Å². The molecule has 5 heteroatoms. The lowest BCUT2D eigenvalue weighted by Gasteiger charge is -2.32. The number of H-pyrrole nitrogens is 1. The van der Waals surface area contributed by atoms with Crippen molar-refractivity contribution < 1.29 is 4.79 Å². The van der Waals surface area contributed by atoms with Crippen molar-refractivity contribution >= 4 is 23.0 Å². The van der Waals surface area contributed by atoms with Crippen molar-refractivity contribution in [3.8, 4) is 11.4 Å². The highest BCUT2D eigenvalue weighted by atomic mass is 16.1. The minimum absolute atomic E-state index is 0.0291. The fourth-order valence-electron chi connectivity index (χ4n) is 4.66. The summed E-state index contributed by atoms with van der Waals surface area (Å²) in [5.74, 6) is 0.829. The molecule has 5 nitrogen and oxygen atoms in total. The smallest absolute Gasteiger partial charge is 0.244 e. The number of likely N-dealkylation sites (tertiary alicyclic amines) is 1. The summed E-state index contributed by atoms with van der Waals surface area (Å²) in [6, 6.07) is 23.2. The van der Waals surface area contributed by atoms with Crippen LogP contribution < -0.4 is 5.32 Å². The van der Waals surface area contributed by atoms with Crippen LogP contribution in [0.15, 0.2) is 72.8 Å². The maximum Gasteiger partial charge on any atom is 0.244 e. The number of nitrogens with one attached hydrogen (secondary N) is 2. The first-order valence-electron chi connectivity index (χ1n) is 12.4. The van der Waals surface area contributed by atoms with Crippen LogP contribution in [-0.2, 0) is 11.3 Å². The van der Waals surface area contributed by atoms with Crippen molar-refractivity contribution in [2.75, 3.05) is 13.1 Å². The molecule has 2 N–H and O–H groups in total. The Morgan fingerprint density at radius 1 is 1.03 bits per heavy atom. The third kappa shape index (κ3) is 5.69. The van der Waals surface area contributed by atoms with Gasteiger partial charge in [0.05, 0.1) is 11.0 Å². The Bertz CT molecular complexity index is 1290. The standard InChI is InChI=1S/C30H32N4O/c1-21-18-27-28(19-22(21)2)33-30(32-27)25-11-8-23(9-12-25)10-13-29(35)31-26-14-16-34(17-15-26)20-24-6-4-3-5-7-24/h3-13,18-19,26H,14-17,20H2,1-2H3,(H,31,35)(H,32,33)/b13-10+. The fourth-order valence-corrected chi connectivity index (χ4v) is 4.66. The van der Waals surface area contributed by atoms with E-state index in [2.05, 4.69) is 71.5 Å². The highest BCUT2D eigenvalue weighted by molar-refractivity contribution is 5.92. The van der Waals surface area contributed by atoms with Crippen LogP contribution in [0.4, 0.5) is 0 Å². The van der Waals surface area contributed by atoms with Gasteiger partial charge in [0.1, 0.15) is 5.82 Å². The Morgan fingerprint density at radius 3 is 2.49 bits per heavy atom. The van der Waals surface area contributed by atoms with Crippen LogP contribution in [0.25, 0.3) is 28.5 Å². The maximum absolute atomic E-state index is 12.5. The van der Waals surface area contributed by atoms with E-state index < -0.39 is 0 Å². The zero-order chi connectivity index (χ0) is 24.2. The van der Waals surface area contributed by atoms with E-state index in [1.54, 1.807) is 6.08 Å². The van der Waals surface area contributed by atoms with Gasteiger partial charge in [-0.1, -0.05) is 54.6 Å². The predicted octanol–water partition coefficient (Wildman–Crippen LogP) is 5.64. The Labute approximate surface area is 206 Å². The first-order chi connectivity index (χ1) is 17.0. The minimum atomic E-state index is -0.0291. The molecule has 0 bridgehead atoms. The zero-order valence-electron chi connectivity index (χ0n) is 20.4. The van der Waals surface area contributed by atoms with Gasteiger partial charge in [-0.05, 0) is 67.2 Å². The number of carbonyl (C=O) groups excluding carboxylic acids is 1. The number of aromatic nitrogens is 2. The van der Waals surface area contributed by atoms with Crippen molar-refractivity contribution in [2.45, 2.75) is 39.3 Å². The van der Waals surface area contributed by atoms with Gasteiger partial charge >= 0.3 is 0 Å². The van der Waals surface area contributed by atoms with E-state index in [4.69, 9.17) is 4.98 Å². The van der Waals surface area contributed by atoms with E-state index in [1.165, 1.54) is 16.7 Å². The molecule has 4 aromatic rings. The van der Waals surface area contributed by atoms with Gasteiger partial charge in [-0.2, -0.15) is 0 Å². The molecule has 0 saturated carbocycles. The SMILES string of the molecule is Cc1cc2nc(-c3ccc(/C=C/C(=O)NC4CCN(Cc5ccccc5)CC4)cc3)[nH]c2cc1C. The van der Waals surface area contributed by atoms with Crippen molar-refractivity contribution in [1.29, 1.82) is 0 Å². The number of rotatable bonds is 6. The summed E-state index contributed by atoms with van der Waals surface area (Å²) in [6.07, 6.45) is 5.47. The normalized spacial score (nSPS) is 15.1. The van der Waals surface area contributed by atoms with Gasteiger partial charge in [0.15, 0.2) is 0 Å². The number of hydrogen-bond acceptors (Lipinski definition) is 3. The maximum atomic E-state index is 12.5. The van der Waals surface area contributed by atoms with E-state index in [0.717, 1.165) is 60.5 Å². The quantitative estimate of drug-likeness (QED) is 0.363. The summed E-state index contributed by atoms with van der Waals surface area (Å²) >= 11 is 0. The highest BCUT2D eigenvalue weighted by Gasteiger charge is 2.20. The molecule has 1 amide bonds. The molecule has 1 aliphatic rings. The topological polar surface area (TPSA) is 61.0 Å². The molecule has 2 heterocycles. The Hall–Kier alpha value is -3.70. The molecule has 35 heavy (non-hydrogen) atoms. The van der Waals surface area contributed by atoms with E-state index in [1.807, 2.05) is 30.3 Å². The number of aromatic amines is 1. The van der Waals surface area contributed by atoms with Gasteiger partial charge in [0.25, 0.3) is 0 Å². The molecular formula is C30H32N4O. The summed E-state index contributed by atoms with van der Waals surface area (Å²) in [5, 5.41) is 3.17. The summed E-state index contributed by atoms with van der Waals surface area (Å²) in [6.45, 7) is 7.21. The van der Waals surface area contributed by atoms with E-state index in [0.29, 0.717) is 0 Å². The molecule has 0 unspecified atom stereocenters.